The lowest BCUT2D eigenvalue weighted by Crippen LogP contribution is -1.78. The van der Waals surface area contributed by atoms with Crippen molar-refractivity contribution in [3.05, 3.63) is 0 Å². The Hall–Kier alpha value is -0.350. The highest BCUT2D eigenvalue weighted by Gasteiger charge is 1.75. The molecule has 1 heteroatoms. The van der Waals surface area contributed by atoms with Gasteiger partial charge < -0.3 is 0 Å². The minimum Gasteiger partial charge on any atom is -0.120 e. The maximum absolute atomic E-state index is 4.89. The van der Waals surface area contributed by atoms with Crippen molar-refractivity contribution in [2.75, 3.05) is 0 Å². The number of rotatable bonds is 1. The van der Waals surface area contributed by atoms with Crippen LogP contribution < -0.4 is 0 Å². The van der Waals surface area contributed by atoms with Crippen LogP contribution >= 0.6 is 12.2 Å². The van der Waals surface area contributed by atoms with Crippen molar-refractivity contribution in [2.24, 2.45) is 0 Å². The van der Waals surface area contributed by atoms with Crippen molar-refractivity contribution in [3.8, 4) is 12.3 Å². The van der Waals surface area contributed by atoms with Crippen LogP contribution in [0.25, 0.3) is 0 Å². The summed E-state index contributed by atoms with van der Waals surface area (Å²) in [6.07, 6.45) is 5.53. The van der Waals surface area contributed by atoms with E-state index in [-0.39, 0.29) is 0 Å². The Bertz CT molecular complexity index is 86.6. The molecule has 0 aliphatic rings. The SMILES string of the molecule is C#CCC(C)=S. The maximum atomic E-state index is 4.89. The number of terminal acetylenes is 1. The summed E-state index contributed by atoms with van der Waals surface area (Å²) in [6.45, 7) is 1.84. The summed E-state index contributed by atoms with van der Waals surface area (Å²) in [7, 11) is 0. The summed E-state index contributed by atoms with van der Waals surface area (Å²) in [5.41, 5.74) is 0. The summed E-state index contributed by atoms with van der Waals surface area (Å²) in [5, 5.41) is 0. The smallest absolute Gasteiger partial charge is 0.0398 e. The van der Waals surface area contributed by atoms with Crippen LogP contribution in [0.5, 0.6) is 0 Å². The second-order valence-corrected chi connectivity index (χ2v) is 1.78. The fourth-order valence-corrected chi connectivity index (χ4v) is 0.227. The van der Waals surface area contributed by atoms with E-state index in [4.69, 9.17) is 6.42 Å². The van der Waals surface area contributed by atoms with E-state index in [1.54, 1.807) is 0 Å². The third-order valence-electron chi connectivity index (χ3n) is 0.351. The molecule has 0 radical (unpaired) electrons. The minimum absolute atomic E-state index is 0.634. The van der Waals surface area contributed by atoms with Gasteiger partial charge >= 0.3 is 0 Å². The van der Waals surface area contributed by atoms with Crippen LogP contribution in [-0.2, 0) is 0 Å². The van der Waals surface area contributed by atoms with Crippen molar-refractivity contribution in [2.45, 2.75) is 13.3 Å². The molecule has 0 saturated carbocycles. The zero-order chi connectivity index (χ0) is 4.99. The normalized spacial score (nSPS) is 6.67. The van der Waals surface area contributed by atoms with Crippen LogP contribution in [0.4, 0.5) is 0 Å². The lowest BCUT2D eigenvalue weighted by Gasteiger charge is -1.76. The Morgan fingerprint density at radius 2 is 2.50 bits per heavy atom. The Labute approximate surface area is 43.6 Å². The molecule has 0 aromatic carbocycles. The van der Waals surface area contributed by atoms with E-state index in [1.165, 1.54) is 0 Å². The average molecular weight is 98.2 g/mol. The van der Waals surface area contributed by atoms with Gasteiger partial charge in [0.05, 0.1) is 0 Å². The molecule has 0 N–H and O–H groups in total. The first-order valence-corrected chi connectivity index (χ1v) is 2.11. The zero-order valence-corrected chi connectivity index (χ0v) is 4.51. The molecule has 0 saturated heterocycles. The lowest BCUT2D eigenvalue weighted by molar-refractivity contribution is 1.59. The fraction of sp³-hybridized carbons (Fsp3) is 0.400. The molecule has 6 heavy (non-hydrogen) atoms. The highest BCUT2D eigenvalue weighted by atomic mass is 32.1. The van der Waals surface area contributed by atoms with Gasteiger partial charge in [-0.25, -0.2) is 0 Å². The van der Waals surface area contributed by atoms with Gasteiger partial charge in [-0.1, -0.05) is 12.2 Å². The van der Waals surface area contributed by atoms with Crippen molar-refractivity contribution in [1.82, 2.24) is 0 Å². The molecule has 0 bridgehead atoms. The Kier molecular flexibility index (Phi) is 2.70. The fourth-order valence-electron chi connectivity index (χ4n) is 0.144. The third-order valence-corrected chi connectivity index (χ3v) is 0.495. The first-order chi connectivity index (χ1) is 2.77. The van der Waals surface area contributed by atoms with Gasteiger partial charge in [-0.15, -0.1) is 12.3 Å². The molecule has 0 aliphatic heterocycles. The first-order valence-electron chi connectivity index (χ1n) is 1.70. The predicted octanol–water partition coefficient (Wildman–Crippen LogP) is 1.40. The summed E-state index contributed by atoms with van der Waals surface area (Å²) in [6, 6.07) is 0. The molecule has 0 spiro atoms. The van der Waals surface area contributed by atoms with E-state index in [2.05, 4.69) is 18.1 Å². The van der Waals surface area contributed by atoms with Crippen molar-refractivity contribution in [1.29, 1.82) is 0 Å². The van der Waals surface area contributed by atoms with Gasteiger partial charge in [0, 0.05) is 11.3 Å². The Morgan fingerprint density at radius 3 is 2.50 bits per heavy atom. The number of thiocarbonyl (C=S) groups is 1. The molecule has 0 atom stereocenters. The summed E-state index contributed by atoms with van der Waals surface area (Å²) in [4.78, 5) is 0.887. The molecular formula is C5H6S. The lowest BCUT2D eigenvalue weighted by atomic mass is 10.4. The van der Waals surface area contributed by atoms with E-state index in [0.29, 0.717) is 6.42 Å². The monoisotopic (exact) mass is 98.0 g/mol. The number of hydrogen-bond acceptors (Lipinski definition) is 1. The Morgan fingerprint density at radius 1 is 2.00 bits per heavy atom. The van der Waals surface area contributed by atoms with E-state index < -0.39 is 0 Å². The molecular weight excluding hydrogens is 92.1 g/mol. The molecule has 0 unspecified atom stereocenters. The van der Waals surface area contributed by atoms with Crippen LogP contribution in [-0.4, -0.2) is 4.86 Å². The topological polar surface area (TPSA) is 0 Å². The second kappa shape index (κ2) is 2.87. The Balaban J connectivity index is 3.13. The first kappa shape index (κ1) is 5.65. The molecule has 32 valence electrons. The van der Waals surface area contributed by atoms with Gasteiger partial charge in [0.25, 0.3) is 0 Å². The van der Waals surface area contributed by atoms with E-state index in [9.17, 15) is 0 Å². The minimum atomic E-state index is 0.634. The van der Waals surface area contributed by atoms with Gasteiger partial charge in [0.1, 0.15) is 0 Å². The average Bonchev–Trinajstić information content (AvgIpc) is 1.35. The second-order valence-electron chi connectivity index (χ2n) is 1.08. The molecule has 0 aromatic rings. The van der Waals surface area contributed by atoms with Crippen molar-refractivity contribution in [3.63, 3.8) is 0 Å². The zero-order valence-electron chi connectivity index (χ0n) is 3.69. The molecule has 0 aliphatic carbocycles. The van der Waals surface area contributed by atoms with Gasteiger partial charge in [-0.2, -0.15) is 0 Å². The summed E-state index contributed by atoms with van der Waals surface area (Å²) < 4.78 is 0. The van der Waals surface area contributed by atoms with E-state index in [0.717, 1.165) is 4.86 Å². The molecule has 0 aromatic heterocycles. The van der Waals surface area contributed by atoms with Crippen LogP contribution in [0, 0.1) is 12.3 Å². The van der Waals surface area contributed by atoms with Crippen molar-refractivity contribution >= 4 is 17.1 Å². The third kappa shape index (κ3) is 3.65. The van der Waals surface area contributed by atoms with Crippen LogP contribution in [0.3, 0.4) is 0 Å². The number of hydrogen-bond donors (Lipinski definition) is 0. The van der Waals surface area contributed by atoms with Gasteiger partial charge in [0.15, 0.2) is 0 Å². The summed E-state index contributed by atoms with van der Waals surface area (Å²) in [5.74, 6) is 2.43. The largest absolute Gasteiger partial charge is 0.120 e. The molecule has 0 heterocycles. The van der Waals surface area contributed by atoms with Crippen molar-refractivity contribution < 1.29 is 0 Å². The van der Waals surface area contributed by atoms with Gasteiger partial charge in [-0.3, -0.25) is 0 Å². The van der Waals surface area contributed by atoms with Gasteiger partial charge in [0.2, 0.25) is 0 Å². The molecule has 0 fully saturated rings. The van der Waals surface area contributed by atoms with Gasteiger partial charge in [-0.05, 0) is 6.92 Å². The molecule has 0 nitrogen and oxygen atoms in total. The molecule has 0 rings (SSSR count). The van der Waals surface area contributed by atoms with E-state index >= 15 is 0 Å². The van der Waals surface area contributed by atoms with Crippen LogP contribution in [0.1, 0.15) is 13.3 Å². The summed E-state index contributed by atoms with van der Waals surface area (Å²) >= 11 is 4.65. The van der Waals surface area contributed by atoms with E-state index in [1.807, 2.05) is 6.92 Å². The van der Waals surface area contributed by atoms with Crippen LogP contribution in [0.2, 0.25) is 0 Å². The predicted molar refractivity (Wildman–Crippen MR) is 31.7 cm³/mol. The molecule has 0 amide bonds. The standard InChI is InChI=1S/C5H6S/c1-3-4-5(2)6/h1H,4H2,2H3. The highest BCUT2D eigenvalue weighted by molar-refractivity contribution is 7.80. The highest BCUT2D eigenvalue weighted by Crippen LogP contribution is 1.78. The maximum Gasteiger partial charge on any atom is 0.0398 e. The quantitative estimate of drug-likeness (QED) is 0.353. The van der Waals surface area contributed by atoms with Crippen LogP contribution in [0.15, 0.2) is 0 Å².